The Morgan fingerprint density at radius 1 is 1.09 bits per heavy atom. The van der Waals surface area contributed by atoms with Crippen LogP contribution in [0.25, 0.3) is 0 Å². The monoisotopic (exact) mass is 323 g/mol. The van der Waals surface area contributed by atoms with Crippen molar-refractivity contribution in [3.05, 3.63) is 0 Å². The van der Waals surface area contributed by atoms with Crippen molar-refractivity contribution in [2.45, 2.75) is 57.0 Å². The number of carbonyl (C=O) groups is 2. The number of amides is 2. The van der Waals surface area contributed by atoms with Crippen LogP contribution < -0.4 is 11.1 Å². The average molecular weight is 323 g/mol. The highest BCUT2D eigenvalue weighted by Gasteiger charge is 2.39. The van der Waals surface area contributed by atoms with E-state index in [2.05, 4.69) is 5.32 Å². The lowest BCUT2D eigenvalue weighted by Gasteiger charge is -2.45. The highest BCUT2D eigenvalue weighted by Crippen LogP contribution is 2.39. The van der Waals surface area contributed by atoms with Gasteiger partial charge in [-0.3, -0.25) is 9.59 Å². The smallest absolute Gasteiger partial charge is 0.223 e. The van der Waals surface area contributed by atoms with Crippen LogP contribution in [0.4, 0.5) is 0 Å². The number of hydrogen-bond acceptors (Lipinski definition) is 4. The van der Waals surface area contributed by atoms with Crippen molar-refractivity contribution in [2.75, 3.05) is 26.3 Å². The van der Waals surface area contributed by atoms with Gasteiger partial charge in [-0.05, 0) is 37.5 Å². The predicted molar refractivity (Wildman–Crippen MR) is 86.6 cm³/mol. The third-order valence-corrected chi connectivity index (χ3v) is 5.63. The number of nitrogens with zero attached hydrogens (tertiary/aromatic N) is 1. The normalized spacial score (nSPS) is 34.0. The molecule has 0 spiro atoms. The minimum absolute atomic E-state index is 0.0176. The van der Waals surface area contributed by atoms with Gasteiger partial charge in [-0.15, -0.1) is 0 Å². The Hall–Kier alpha value is -1.14. The zero-order valence-corrected chi connectivity index (χ0v) is 13.8. The number of rotatable bonds is 4. The summed E-state index contributed by atoms with van der Waals surface area (Å²) in [5, 5.41) is 3.21. The van der Waals surface area contributed by atoms with E-state index in [4.69, 9.17) is 10.5 Å². The van der Waals surface area contributed by atoms with Crippen LogP contribution in [0, 0.1) is 11.8 Å². The quantitative estimate of drug-likeness (QED) is 0.795. The molecule has 3 fully saturated rings. The summed E-state index contributed by atoms with van der Waals surface area (Å²) in [6.07, 6.45) is 6.22. The Morgan fingerprint density at radius 2 is 1.74 bits per heavy atom. The van der Waals surface area contributed by atoms with Gasteiger partial charge in [0.05, 0.1) is 13.2 Å². The molecule has 23 heavy (non-hydrogen) atoms. The van der Waals surface area contributed by atoms with E-state index in [-0.39, 0.29) is 24.3 Å². The first kappa shape index (κ1) is 16.7. The van der Waals surface area contributed by atoms with Gasteiger partial charge in [0.2, 0.25) is 11.8 Å². The van der Waals surface area contributed by atoms with Gasteiger partial charge in [0.25, 0.3) is 0 Å². The van der Waals surface area contributed by atoms with Crippen LogP contribution in [-0.2, 0) is 14.3 Å². The van der Waals surface area contributed by atoms with Crippen LogP contribution in [0.15, 0.2) is 0 Å². The summed E-state index contributed by atoms with van der Waals surface area (Å²) in [6, 6.07) is 0.566. The van der Waals surface area contributed by atoms with Crippen LogP contribution in [0.5, 0.6) is 0 Å². The maximum Gasteiger partial charge on any atom is 0.223 e. The van der Waals surface area contributed by atoms with Gasteiger partial charge < -0.3 is 20.7 Å². The molecule has 2 atom stereocenters. The summed E-state index contributed by atoms with van der Waals surface area (Å²) in [5.41, 5.74) is 6.13. The average Bonchev–Trinajstić information content (AvgIpc) is 2.54. The highest BCUT2D eigenvalue weighted by molar-refractivity contribution is 5.84. The third kappa shape index (κ3) is 4.23. The second kappa shape index (κ2) is 7.62. The first-order chi connectivity index (χ1) is 11.1. The number of fused-ring (bicyclic) bond motifs is 2. The highest BCUT2D eigenvalue weighted by atomic mass is 16.5. The molecule has 0 aromatic rings. The number of morpholine rings is 1. The van der Waals surface area contributed by atoms with Gasteiger partial charge >= 0.3 is 0 Å². The van der Waals surface area contributed by atoms with Crippen molar-refractivity contribution in [2.24, 2.45) is 17.6 Å². The first-order valence-electron chi connectivity index (χ1n) is 9.04. The Kier molecular flexibility index (Phi) is 5.54. The fourth-order valence-corrected chi connectivity index (χ4v) is 4.47. The van der Waals surface area contributed by atoms with Gasteiger partial charge in [0, 0.05) is 38.0 Å². The molecule has 2 aliphatic carbocycles. The molecule has 1 heterocycles. The maximum absolute atomic E-state index is 12.3. The lowest BCUT2D eigenvalue weighted by atomic mass is 9.67. The molecule has 2 unspecified atom stereocenters. The molecule has 130 valence electrons. The molecule has 1 aliphatic heterocycles. The number of hydrogen-bond donors (Lipinski definition) is 2. The van der Waals surface area contributed by atoms with Crippen LogP contribution >= 0.6 is 0 Å². The number of carbonyl (C=O) groups excluding carboxylic acids is 2. The van der Waals surface area contributed by atoms with E-state index >= 15 is 0 Å². The van der Waals surface area contributed by atoms with Crippen molar-refractivity contribution in [3.63, 3.8) is 0 Å². The molecule has 0 aromatic carbocycles. The molecule has 2 bridgehead atoms. The predicted octanol–water partition coefficient (Wildman–Crippen LogP) is 0.648. The molecule has 6 nitrogen and oxygen atoms in total. The lowest BCUT2D eigenvalue weighted by Crippen LogP contribution is -2.53. The summed E-state index contributed by atoms with van der Waals surface area (Å²) in [7, 11) is 0. The van der Waals surface area contributed by atoms with E-state index in [1.54, 1.807) is 4.90 Å². The second-order valence-corrected chi connectivity index (χ2v) is 7.27. The molecular weight excluding hydrogens is 294 g/mol. The van der Waals surface area contributed by atoms with Gasteiger partial charge in [0.15, 0.2) is 0 Å². The topological polar surface area (TPSA) is 84.7 Å². The Balaban J connectivity index is 1.44. The molecule has 3 aliphatic rings. The van der Waals surface area contributed by atoms with Crippen molar-refractivity contribution >= 4 is 11.8 Å². The standard InChI is InChI=1S/C17H29N3O3/c18-14-10-12-2-1-3-13(11-14)17(12)19-15(21)4-5-16(22)20-6-8-23-9-7-20/h12-14,17H,1-11,18H2,(H,19,21). The largest absolute Gasteiger partial charge is 0.378 e. The summed E-state index contributed by atoms with van der Waals surface area (Å²) >= 11 is 0. The number of nitrogens with two attached hydrogens (primary N) is 1. The van der Waals surface area contributed by atoms with Crippen molar-refractivity contribution in [1.29, 1.82) is 0 Å². The molecule has 2 saturated carbocycles. The molecule has 3 rings (SSSR count). The molecule has 6 heteroatoms. The number of ether oxygens (including phenoxy) is 1. The van der Waals surface area contributed by atoms with Gasteiger partial charge in [0.1, 0.15) is 0 Å². The maximum atomic E-state index is 12.3. The van der Waals surface area contributed by atoms with E-state index in [1.807, 2.05) is 0 Å². The Labute approximate surface area is 138 Å². The van der Waals surface area contributed by atoms with Crippen molar-refractivity contribution in [3.8, 4) is 0 Å². The molecule has 1 saturated heterocycles. The molecule has 0 aromatic heterocycles. The first-order valence-corrected chi connectivity index (χ1v) is 9.04. The van der Waals surface area contributed by atoms with Crippen LogP contribution in [0.3, 0.4) is 0 Å². The second-order valence-electron chi connectivity index (χ2n) is 7.27. The van der Waals surface area contributed by atoms with E-state index in [1.165, 1.54) is 19.3 Å². The Bertz CT molecular complexity index is 423. The van der Waals surface area contributed by atoms with E-state index in [9.17, 15) is 9.59 Å². The zero-order valence-electron chi connectivity index (χ0n) is 13.8. The van der Waals surface area contributed by atoms with Crippen LogP contribution in [-0.4, -0.2) is 55.1 Å². The van der Waals surface area contributed by atoms with Crippen LogP contribution in [0.1, 0.15) is 44.9 Å². The summed E-state index contributed by atoms with van der Waals surface area (Å²) in [5.74, 6) is 1.13. The van der Waals surface area contributed by atoms with Gasteiger partial charge in [-0.2, -0.15) is 0 Å². The summed E-state index contributed by atoms with van der Waals surface area (Å²) in [4.78, 5) is 26.2. The molecular formula is C17H29N3O3. The molecule has 2 amide bonds. The van der Waals surface area contributed by atoms with E-state index < -0.39 is 0 Å². The summed E-state index contributed by atoms with van der Waals surface area (Å²) in [6.45, 7) is 2.49. The Morgan fingerprint density at radius 3 is 2.39 bits per heavy atom. The van der Waals surface area contributed by atoms with Crippen molar-refractivity contribution < 1.29 is 14.3 Å². The van der Waals surface area contributed by atoms with Crippen molar-refractivity contribution in [1.82, 2.24) is 10.2 Å². The number of nitrogens with one attached hydrogen (secondary N) is 1. The SMILES string of the molecule is NC1CC2CCCC(C1)C2NC(=O)CCC(=O)N1CCOCC1. The third-order valence-electron chi connectivity index (χ3n) is 5.63. The lowest BCUT2D eigenvalue weighted by molar-refractivity contribution is -0.137. The fourth-order valence-electron chi connectivity index (χ4n) is 4.47. The molecule has 0 radical (unpaired) electrons. The molecule has 3 N–H and O–H groups in total. The van der Waals surface area contributed by atoms with E-state index in [0.717, 1.165) is 12.8 Å². The minimum Gasteiger partial charge on any atom is -0.378 e. The van der Waals surface area contributed by atoms with E-state index in [0.29, 0.717) is 50.6 Å². The van der Waals surface area contributed by atoms with Gasteiger partial charge in [-0.25, -0.2) is 0 Å². The summed E-state index contributed by atoms with van der Waals surface area (Å²) < 4.78 is 5.24. The zero-order chi connectivity index (χ0) is 16.2. The van der Waals surface area contributed by atoms with Crippen LogP contribution in [0.2, 0.25) is 0 Å². The fraction of sp³-hybridized carbons (Fsp3) is 0.882. The van der Waals surface area contributed by atoms with Gasteiger partial charge in [-0.1, -0.05) is 6.42 Å². The minimum atomic E-state index is 0.0176.